The Bertz CT molecular complexity index is 1560. The highest BCUT2D eigenvalue weighted by atomic mass is 32.2. The van der Waals surface area contributed by atoms with Crippen molar-refractivity contribution in [1.82, 2.24) is 4.90 Å². The second kappa shape index (κ2) is 9.90. The van der Waals surface area contributed by atoms with Gasteiger partial charge in [0.05, 0.1) is 10.9 Å². The molecule has 1 heterocycles. The number of aryl methyl sites for hydroxylation is 1. The summed E-state index contributed by atoms with van der Waals surface area (Å²) in [6.45, 7) is 2.38. The molecule has 2 aromatic rings. The van der Waals surface area contributed by atoms with E-state index in [4.69, 9.17) is 0 Å². The number of rotatable bonds is 4. The summed E-state index contributed by atoms with van der Waals surface area (Å²) in [5.74, 6) is -0.654. The number of amides is 1. The van der Waals surface area contributed by atoms with Gasteiger partial charge < -0.3 is 4.90 Å². The van der Waals surface area contributed by atoms with Gasteiger partial charge in [-0.15, -0.1) is 0 Å². The van der Waals surface area contributed by atoms with Gasteiger partial charge in [-0.25, -0.2) is 17.2 Å². The van der Waals surface area contributed by atoms with E-state index < -0.39 is 50.0 Å². The molecule has 0 bridgehead atoms. The molecular formula is C31H31F8NO3S. The van der Waals surface area contributed by atoms with Crippen molar-refractivity contribution in [3.8, 4) is 0 Å². The lowest BCUT2D eigenvalue weighted by atomic mass is 9.48. The topological polar surface area (TPSA) is 54.5 Å². The number of hydrogen-bond acceptors (Lipinski definition) is 3. The number of fused-ring (bicyclic) bond motifs is 3. The first kappa shape index (κ1) is 31.3. The first-order valence-corrected chi connectivity index (χ1v) is 16.1. The quantitative estimate of drug-likeness (QED) is 0.254. The van der Waals surface area contributed by atoms with E-state index in [0.29, 0.717) is 30.9 Å². The lowest BCUT2D eigenvalue weighted by Crippen LogP contribution is -2.64. The molecule has 2 aromatic carbocycles. The SMILES string of the molecule is CC1CC2(C1)CC(C(=O)N1CCCC3(S(=O)(=O)c4ccc(F)cc4)c4ccc(C(F)(C(F)(F)F)C(F)(F)F)cc4CCC13)C2. The Kier molecular flexibility index (Phi) is 7.04. The molecular weight excluding hydrogens is 618 g/mol. The first-order chi connectivity index (χ1) is 20.4. The number of sulfone groups is 1. The Balaban J connectivity index is 1.47. The number of hydrogen-bond donors (Lipinski definition) is 0. The van der Waals surface area contributed by atoms with Crippen LogP contribution in [0.3, 0.4) is 0 Å². The summed E-state index contributed by atoms with van der Waals surface area (Å²) in [6, 6.07) is 4.64. The van der Waals surface area contributed by atoms with Crippen LogP contribution in [0, 0.1) is 23.1 Å². The fraction of sp³-hybridized carbons (Fsp3) is 0.581. The smallest absolute Gasteiger partial charge is 0.338 e. The molecule has 2 unspecified atom stereocenters. The van der Waals surface area contributed by atoms with Crippen LogP contribution in [-0.4, -0.2) is 44.2 Å². The number of benzene rings is 2. The minimum absolute atomic E-state index is 0.0658. The van der Waals surface area contributed by atoms with E-state index in [-0.39, 0.29) is 65.5 Å². The molecule has 3 fully saturated rings. The predicted molar refractivity (Wildman–Crippen MR) is 143 cm³/mol. The highest BCUT2D eigenvalue weighted by molar-refractivity contribution is 7.92. The number of likely N-dealkylation sites (tertiary alicyclic amines) is 1. The fourth-order valence-electron chi connectivity index (χ4n) is 8.69. The van der Waals surface area contributed by atoms with Gasteiger partial charge in [-0.3, -0.25) is 4.79 Å². The number of carbonyl (C=O) groups excluding carboxylic acids is 1. The zero-order chi connectivity index (χ0) is 32.1. The van der Waals surface area contributed by atoms with Crippen molar-refractivity contribution in [3.05, 3.63) is 65.0 Å². The van der Waals surface area contributed by atoms with Gasteiger partial charge in [0, 0.05) is 18.0 Å². The summed E-state index contributed by atoms with van der Waals surface area (Å²) in [4.78, 5) is 15.1. The molecule has 0 aromatic heterocycles. The zero-order valence-electron chi connectivity index (χ0n) is 23.7. The molecule has 0 radical (unpaired) electrons. The molecule has 1 amide bonds. The van der Waals surface area contributed by atoms with Crippen molar-refractivity contribution in [1.29, 1.82) is 0 Å². The predicted octanol–water partition coefficient (Wildman–Crippen LogP) is 7.55. The van der Waals surface area contributed by atoms with Crippen LogP contribution in [0.1, 0.15) is 68.6 Å². The average molecular weight is 650 g/mol. The maximum Gasteiger partial charge on any atom is 0.435 e. The Morgan fingerprint density at radius 2 is 1.52 bits per heavy atom. The molecule has 2 atom stereocenters. The highest BCUT2D eigenvalue weighted by Gasteiger charge is 2.74. The number of alkyl halides is 7. The van der Waals surface area contributed by atoms with E-state index in [2.05, 4.69) is 6.92 Å². The zero-order valence-corrected chi connectivity index (χ0v) is 24.6. The lowest BCUT2D eigenvalue weighted by Gasteiger charge is -2.59. The number of piperidine rings is 1. The molecule has 4 aliphatic rings. The summed E-state index contributed by atoms with van der Waals surface area (Å²) < 4.78 is 138. The minimum Gasteiger partial charge on any atom is -0.338 e. The third-order valence-corrected chi connectivity index (χ3v) is 13.0. The molecule has 2 saturated carbocycles. The van der Waals surface area contributed by atoms with Crippen LogP contribution < -0.4 is 0 Å². The Morgan fingerprint density at radius 1 is 0.909 bits per heavy atom. The van der Waals surface area contributed by atoms with Gasteiger partial charge in [-0.05, 0) is 98.1 Å². The minimum atomic E-state index is -6.33. The van der Waals surface area contributed by atoms with Gasteiger partial charge in [-0.1, -0.05) is 25.1 Å². The number of carbonyl (C=O) groups is 1. The van der Waals surface area contributed by atoms with E-state index in [1.165, 1.54) is 4.90 Å². The van der Waals surface area contributed by atoms with E-state index in [9.17, 15) is 43.9 Å². The standard InChI is InChI=1S/C31H31F8NO3S/c1-18-14-27(15-18)16-20(17-27)26(41)40-12-2-11-28(44(42,43)23-7-5-22(32)6-8-23)24-9-4-21(13-19(24)3-10-25(28)40)29(33,30(34,35)36)31(37,38)39/h4-9,13,18,20,25H,2-3,10-12,14-17H2,1H3. The molecule has 13 heteroatoms. The van der Waals surface area contributed by atoms with Crippen LogP contribution in [-0.2, 0) is 31.5 Å². The van der Waals surface area contributed by atoms with Crippen molar-refractivity contribution in [2.75, 3.05) is 6.54 Å². The normalized spacial score (nSPS) is 30.7. The second-order valence-electron chi connectivity index (χ2n) is 13.2. The van der Waals surface area contributed by atoms with E-state index in [1.807, 2.05) is 0 Å². The number of halogens is 8. The lowest BCUT2D eigenvalue weighted by molar-refractivity contribution is -0.348. The summed E-state index contributed by atoms with van der Waals surface area (Å²) >= 11 is 0. The van der Waals surface area contributed by atoms with Crippen molar-refractivity contribution in [2.45, 2.75) is 92.0 Å². The third-order valence-electron chi connectivity index (χ3n) is 10.4. The third kappa shape index (κ3) is 4.34. The Labute approximate surface area is 249 Å². The van der Waals surface area contributed by atoms with Crippen molar-refractivity contribution in [3.63, 3.8) is 0 Å². The van der Waals surface area contributed by atoms with Gasteiger partial charge in [0.1, 0.15) is 10.6 Å². The van der Waals surface area contributed by atoms with Gasteiger partial charge in [0.25, 0.3) is 0 Å². The summed E-state index contributed by atoms with van der Waals surface area (Å²) in [7, 11) is -4.52. The van der Waals surface area contributed by atoms with Crippen LogP contribution in [0.5, 0.6) is 0 Å². The van der Waals surface area contributed by atoms with Gasteiger partial charge >= 0.3 is 18.0 Å². The second-order valence-corrected chi connectivity index (χ2v) is 15.4. The van der Waals surface area contributed by atoms with E-state index in [0.717, 1.165) is 43.2 Å². The maximum atomic E-state index is 15.0. The maximum absolute atomic E-state index is 15.0. The van der Waals surface area contributed by atoms with Crippen LogP contribution in [0.4, 0.5) is 35.1 Å². The molecule has 0 N–H and O–H groups in total. The number of nitrogens with zero attached hydrogens (tertiary/aromatic N) is 1. The average Bonchev–Trinajstić information content (AvgIpc) is 2.91. The summed E-state index contributed by atoms with van der Waals surface area (Å²) in [5, 5.41) is 0. The van der Waals surface area contributed by atoms with Crippen molar-refractivity contribution >= 4 is 15.7 Å². The molecule has 6 rings (SSSR count). The van der Waals surface area contributed by atoms with E-state index >= 15 is 4.39 Å². The van der Waals surface area contributed by atoms with Crippen molar-refractivity contribution < 1.29 is 48.3 Å². The molecule has 4 nitrogen and oxygen atoms in total. The van der Waals surface area contributed by atoms with Gasteiger partial charge in [0.15, 0.2) is 9.84 Å². The Hall–Kier alpha value is -2.70. The fourth-order valence-corrected chi connectivity index (χ4v) is 11.1. The molecule has 1 spiro atoms. The van der Waals surface area contributed by atoms with Crippen molar-refractivity contribution in [2.24, 2.45) is 17.3 Å². The summed E-state index contributed by atoms with van der Waals surface area (Å²) in [6.07, 6.45) is -9.40. The largest absolute Gasteiger partial charge is 0.435 e. The highest BCUT2D eigenvalue weighted by Crippen LogP contribution is 2.62. The molecule has 44 heavy (non-hydrogen) atoms. The van der Waals surface area contributed by atoms with E-state index in [1.54, 1.807) is 0 Å². The van der Waals surface area contributed by atoms with Gasteiger partial charge in [-0.2, -0.15) is 26.3 Å². The van der Waals surface area contributed by atoms with Crippen LogP contribution in [0.15, 0.2) is 47.4 Å². The molecule has 1 saturated heterocycles. The Morgan fingerprint density at radius 3 is 2.09 bits per heavy atom. The summed E-state index contributed by atoms with van der Waals surface area (Å²) in [5.41, 5.74) is -7.48. The van der Waals surface area contributed by atoms with Gasteiger partial charge in [0.2, 0.25) is 5.91 Å². The van der Waals surface area contributed by atoms with Crippen LogP contribution in [0.2, 0.25) is 0 Å². The molecule has 1 aliphatic heterocycles. The van der Waals surface area contributed by atoms with Crippen LogP contribution >= 0.6 is 0 Å². The first-order valence-electron chi connectivity index (χ1n) is 14.6. The molecule has 3 aliphatic carbocycles. The molecule has 240 valence electrons. The monoisotopic (exact) mass is 649 g/mol. The van der Waals surface area contributed by atoms with Crippen LogP contribution in [0.25, 0.3) is 0 Å².